The number of fused-ring (bicyclic) bond motifs is 1. The molecule has 0 aliphatic carbocycles. The summed E-state index contributed by atoms with van der Waals surface area (Å²) in [5.41, 5.74) is 1.11. The number of carboxylic acid groups (broad SMARTS) is 1. The van der Waals surface area contributed by atoms with E-state index in [9.17, 15) is 18.0 Å². The highest BCUT2D eigenvalue weighted by Crippen LogP contribution is 2.25. The molecule has 0 bridgehead atoms. The van der Waals surface area contributed by atoms with Crippen molar-refractivity contribution in [3.05, 3.63) is 33.9 Å². The highest BCUT2D eigenvalue weighted by atomic mass is 32.2. The van der Waals surface area contributed by atoms with E-state index in [1.807, 2.05) is 37.7 Å². The van der Waals surface area contributed by atoms with E-state index in [-0.39, 0.29) is 5.56 Å². The number of nitrogens with zero attached hydrogens (tertiary/aromatic N) is 4. The monoisotopic (exact) mass is 435 g/mol. The molecule has 0 aliphatic heterocycles. The van der Waals surface area contributed by atoms with E-state index < -0.39 is 12.1 Å². The number of aromatic nitrogens is 4. The highest BCUT2D eigenvalue weighted by Gasteiger charge is 2.38. The molecule has 0 amide bonds. The number of halogens is 3. The van der Waals surface area contributed by atoms with Gasteiger partial charge in [0, 0.05) is 12.3 Å². The van der Waals surface area contributed by atoms with E-state index in [0.717, 1.165) is 22.9 Å². The summed E-state index contributed by atoms with van der Waals surface area (Å²) in [6, 6.07) is 5.77. The topological polar surface area (TPSA) is 104 Å². The predicted molar refractivity (Wildman–Crippen MR) is 99.9 cm³/mol. The number of rotatable bonds is 5. The Morgan fingerprint density at radius 3 is 2.64 bits per heavy atom. The summed E-state index contributed by atoms with van der Waals surface area (Å²) in [7, 11) is 4.05. The van der Waals surface area contributed by atoms with Crippen LogP contribution in [0.1, 0.15) is 0 Å². The van der Waals surface area contributed by atoms with Crippen molar-refractivity contribution < 1.29 is 23.1 Å². The first-order valence-electron chi connectivity index (χ1n) is 7.69. The predicted octanol–water partition coefficient (Wildman–Crippen LogP) is 2.43. The number of aliphatic carboxylic acids is 1. The molecule has 13 heteroatoms. The van der Waals surface area contributed by atoms with Crippen LogP contribution in [0.5, 0.6) is 0 Å². The van der Waals surface area contributed by atoms with Crippen molar-refractivity contribution in [2.24, 2.45) is 0 Å². The van der Waals surface area contributed by atoms with E-state index >= 15 is 0 Å². The van der Waals surface area contributed by atoms with Gasteiger partial charge in [-0.25, -0.2) is 14.4 Å². The van der Waals surface area contributed by atoms with Crippen LogP contribution in [-0.2, 0) is 4.79 Å². The molecule has 0 fully saturated rings. The highest BCUT2D eigenvalue weighted by molar-refractivity contribution is 7.99. The van der Waals surface area contributed by atoms with Gasteiger partial charge in [-0.3, -0.25) is 4.79 Å². The lowest BCUT2D eigenvalue weighted by Gasteiger charge is -2.08. The lowest BCUT2D eigenvalue weighted by Crippen LogP contribution is -2.21. The van der Waals surface area contributed by atoms with Gasteiger partial charge in [0.05, 0.1) is 4.88 Å². The molecule has 152 valence electrons. The largest absolute Gasteiger partial charge is 0.490 e. The van der Waals surface area contributed by atoms with Gasteiger partial charge < -0.3 is 10.0 Å². The Hall–Kier alpha value is -2.38. The van der Waals surface area contributed by atoms with Crippen molar-refractivity contribution in [3.8, 4) is 10.6 Å². The number of nitrogens with one attached hydrogen (secondary N) is 1. The Kier molecular flexibility index (Phi) is 7.21. The van der Waals surface area contributed by atoms with Gasteiger partial charge in [0.25, 0.3) is 5.56 Å². The molecular formula is C15H16F3N5O3S2. The molecule has 3 aromatic heterocycles. The van der Waals surface area contributed by atoms with Crippen LogP contribution < -0.4 is 5.56 Å². The third-order valence-corrected chi connectivity index (χ3v) is 4.96. The van der Waals surface area contributed by atoms with Crippen LogP contribution in [0.15, 0.2) is 33.5 Å². The maximum Gasteiger partial charge on any atom is 0.490 e. The number of thioether (sulfide) groups is 1. The average Bonchev–Trinajstić information content (AvgIpc) is 3.25. The van der Waals surface area contributed by atoms with Crippen molar-refractivity contribution in [1.29, 1.82) is 0 Å². The minimum atomic E-state index is -5.08. The number of alkyl halides is 3. The Morgan fingerprint density at radius 1 is 1.43 bits per heavy atom. The third kappa shape index (κ3) is 5.81. The van der Waals surface area contributed by atoms with Gasteiger partial charge in [-0.2, -0.15) is 18.3 Å². The second kappa shape index (κ2) is 9.21. The van der Waals surface area contributed by atoms with Crippen LogP contribution in [-0.4, -0.2) is 68.4 Å². The molecule has 0 spiro atoms. The molecule has 0 atom stereocenters. The smallest absolute Gasteiger partial charge is 0.475 e. The number of thiophene rings is 1. The van der Waals surface area contributed by atoms with Gasteiger partial charge in [0.15, 0.2) is 0 Å². The summed E-state index contributed by atoms with van der Waals surface area (Å²) in [6.07, 6.45) is -5.08. The zero-order valence-electron chi connectivity index (χ0n) is 14.7. The molecule has 0 radical (unpaired) electrons. The summed E-state index contributed by atoms with van der Waals surface area (Å²) in [5.74, 6) is -1.87. The first kappa shape index (κ1) is 21.9. The molecule has 0 saturated heterocycles. The summed E-state index contributed by atoms with van der Waals surface area (Å²) in [4.78, 5) is 23.9. The summed E-state index contributed by atoms with van der Waals surface area (Å²) >= 11 is 3.18. The van der Waals surface area contributed by atoms with Crippen LogP contribution in [0.4, 0.5) is 13.2 Å². The third-order valence-electron chi connectivity index (χ3n) is 3.16. The fourth-order valence-electron chi connectivity index (χ4n) is 1.85. The van der Waals surface area contributed by atoms with E-state index in [4.69, 9.17) is 9.90 Å². The Bertz CT molecular complexity index is 983. The minimum Gasteiger partial charge on any atom is -0.475 e. The van der Waals surface area contributed by atoms with Gasteiger partial charge in [0.1, 0.15) is 11.2 Å². The molecule has 2 N–H and O–H groups in total. The summed E-state index contributed by atoms with van der Waals surface area (Å²) < 4.78 is 33.4. The van der Waals surface area contributed by atoms with E-state index in [0.29, 0.717) is 10.7 Å². The Labute approximate surface area is 165 Å². The maximum absolute atomic E-state index is 11.9. The lowest BCUT2D eigenvalue weighted by atomic mass is 10.3. The second-order valence-corrected chi connectivity index (χ2v) is 7.60. The number of hydrogen-bond donors (Lipinski definition) is 2. The van der Waals surface area contributed by atoms with Crippen LogP contribution >= 0.6 is 23.1 Å². The number of H-pyrrole nitrogens is 1. The number of carbonyl (C=O) groups is 1. The lowest BCUT2D eigenvalue weighted by molar-refractivity contribution is -0.192. The number of aromatic amines is 1. The summed E-state index contributed by atoms with van der Waals surface area (Å²) in [6.45, 7) is 0.937. The van der Waals surface area contributed by atoms with Gasteiger partial charge >= 0.3 is 12.1 Å². The van der Waals surface area contributed by atoms with Gasteiger partial charge in [-0.15, -0.1) is 16.4 Å². The van der Waals surface area contributed by atoms with Crippen LogP contribution in [0.3, 0.4) is 0 Å². The zero-order chi connectivity index (χ0) is 20.9. The molecule has 3 aromatic rings. The molecule has 0 aliphatic rings. The zero-order valence-corrected chi connectivity index (χ0v) is 16.4. The van der Waals surface area contributed by atoms with Crippen LogP contribution in [0.25, 0.3) is 16.1 Å². The fraction of sp³-hybridized carbons (Fsp3) is 0.333. The van der Waals surface area contributed by atoms with Crippen molar-refractivity contribution in [3.63, 3.8) is 0 Å². The number of hydrogen-bond acceptors (Lipinski definition) is 7. The molecule has 0 saturated carbocycles. The van der Waals surface area contributed by atoms with Crippen LogP contribution in [0, 0.1) is 0 Å². The molecular weight excluding hydrogens is 419 g/mol. The average molecular weight is 435 g/mol. The normalized spacial score (nSPS) is 11.5. The standard InChI is InChI=1S/C13H15N5OS2.C2HF3O2/c1-17(2)5-7-21-13-15-14-12(19)10-8-9(16-18(10)13)11-4-3-6-20-11;3-2(4,5)1(6)7/h3-4,6,8H,5,7H2,1-2H3,(H,14,19);(H,6,7). The van der Waals surface area contributed by atoms with Crippen molar-refractivity contribution >= 4 is 34.6 Å². The Balaban J connectivity index is 0.000000345. The van der Waals surface area contributed by atoms with E-state index in [2.05, 4.69) is 20.2 Å². The van der Waals surface area contributed by atoms with Crippen LogP contribution in [0.2, 0.25) is 0 Å². The van der Waals surface area contributed by atoms with Gasteiger partial charge in [0.2, 0.25) is 5.16 Å². The Morgan fingerprint density at radius 2 is 2.11 bits per heavy atom. The molecule has 8 nitrogen and oxygen atoms in total. The SMILES string of the molecule is CN(C)CCSc1n[nH]c(=O)c2cc(-c3cccs3)nn12.O=C(O)C(F)(F)F. The molecule has 0 aromatic carbocycles. The fourth-order valence-corrected chi connectivity index (χ4v) is 3.54. The summed E-state index contributed by atoms with van der Waals surface area (Å²) in [5, 5.41) is 21.0. The van der Waals surface area contributed by atoms with E-state index in [1.54, 1.807) is 27.6 Å². The van der Waals surface area contributed by atoms with Gasteiger partial charge in [-0.1, -0.05) is 17.8 Å². The second-order valence-electron chi connectivity index (χ2n) is 5.59. The molecule has 3 heterocycles. The van der Waals surface area contributed by atoms with Crippen molar-refractivity contribution in [2.75, 3.05) is 26.4 Å². The first-order valence-corrected chi connectivity index (χ1v) is 9.56. The molecule has 3 rings (SSSR count). The van der Waals surface area contributed by atoms with Gasteiger partial charge in [-0.05, 0) is 31.6 Å². The number of carboxylic acids is 1. The van der Waals surface area contributed by atoms with Crippen molar-refractivity contribution in [1.82, 2.24) is 24.7 Å². The van der Waals surface area contributed by atoms with Crippen molar-refractivity contribution in [2.45, 2.75) is 11.3 Å². The first-order chi connectivity index (χ1) is 13.1. The molecule has 28 heavy (non-hydrogen) atoms. The quantitative estimate of drug-likeness (QED) is 0.593. The maximum atomic E-state index is 11.9. The molecule has 0 unspecified atom stereocenters. The minimum absolute atomic E-state index is 0.220. The van der Waals surface area contributed by atoms with E-state index in [1.165, 1.54) is 0 Å².